The maximum absolute atomic E-state index is 13.0. The van der Waals surface area contributed by atoms with Crippen LogP contribution in [0.15, 0.2) is 0 Å². The van der Waals surface area contributed by atoms with E-state index in [4.69, 9.17) is 0 Å². The van der Waals surface area contributed by atoms with Gasteiger partial charge in [-0.05, 0) is 63.2 Å². The predicted molar refractivity (Wildman–Crippen MR) is 78.8 cm³/mol. The van der Waals surface area contributed by atoms with Crippen LogP contribution in [0.3, 0.4) is 0 Å². The molecule has 2 amide bonds. The number of hydrogen-bond acceptors (Lipinski definition) is 3. The molecule has 5 heteroatoms. The van der Waals surface area contributed by atoms with E-state index in [-0.39, 0.29) is 29.9 Å². The van der Waals surface area contributed by atoms with Crippen molar-refractivity contribution >= 4 is 11.8 Å². The topological polar surface area (TPSA) is 60.9 Å². The monoisotopic (exact) mass is 304 g/mol. The highest BCUT2D eigenvalue weighted by Gasteiger charge is 2.61. The van der Waals surface area contributed by atoms with E-state index < -0.39 is 5.60 Å². The molecule has 2 saturated heterocycles. The number of fused-ring (bicyclic) bond motifs is 1. The molecule has 3 atom stereocenters. The molecule has 4 bridgehead atoms. The minimum absolute atomic E-state index is 0.116. The first kappa shape index (κ1) is 13.3. The van der Waals surface area contributed by atoms with E-state index in [0.29, 0.717) is 18.3 Å². The summed E-state index contributed by atoms with van der Waals surface area (Å²) in [6, 6.07) is -0.219. The lowest BCUT2D eigenvalue weighted by atomic mass is 9.50. The van der Waals surface area contributed by atoms with E-state index in [0.717, 1.165) is 45.1 Å². The quantitative estimate of drug-likeness (QED) is 0.783. The van der Waals surface area contributed by atoms with Gasteiger partial charge in [-0.2, -0.15) is 0 Å². The largest absolute Gasteiger partial charge is 0.390 e. The van der Waals surface area contributed by atoms with Crippen LogP contribution in [-0.2, 0) is 9.59 Å². The molecule has 6 aliphatic rings. The van der Waals surface area contributed by atoms with Crippen molar-refractivity contribution in [3.05, 3.63) is 0 Å². The van der Waals surface area contributed by atoms with Crippen LogP contribution in [0.25, 0.3) is 0 Å². The van der Waals surface area contributed by atoms with Crippen molar-refractivity contribution in [2.24, 2.45) is 11.8 Å². The van der Waals surface area contributed by atoms with Crippen LogP contribution in [0.5, 0.6) is 0 Å². The molecule has 2 unspecified atom stereocenters. The summed E-state index contributed by atoms with van der Waals surface area (Å²) in [6.45, 7) is 0.982. The lowest BCUT2D eigenvalue weighted by molar-refractivity contribution is -0.193. The fraction of sp³-hybridized carbons (Fsp3) is 0.882. The molecule has 0 radical (unpaired) electrons. The molecular weight excluding hydrogens is 280 g/mol. The summed E-state index contributed by atoms with van der Waals surface area (Å²) in [5, 5.41) is 10.9. The first-order valence-corrected chi connectivity index (χ1v) is 8.81. The Balaban J connectivity index is 1.51. The van der Waals surface area contributed by atoms with Crippen LogP contribution < -0.4 is 0 Å². The van der Waals surface area contributed by atoms with Crippen LogP contribution in [0.2, 0.25) is 0 Å². The van der Waals surface area contributed by atoms with Gasteiger partial charge in [-0.1, -0.05) is 0 Å². The van der Waals surface area contributed by atoms with Crippen molar-refractivity contribution in [3.63, 3.8) is 0 Å². The lowest BCUT2D eigenvalue weighted by Crippen LogP contribution is -2.71. The van der Waals surface area contributed by atoms with E-state index in [2.05, 4.69) is 0 Å². The number of nitrogens with zero attached hydrogens (tertiary/aromatic N) is 2. The average molecular weight is 304 g/mol. The van der Waals surface area contributed by atoms with Gasteiger partial charge >= 0.3 is 0 Å². The van der Waals surface area contributed by atoms with Gasteiger partial charge < -0.3 is 14.9 Å². The summed E-state index contributed by atoms with van der Waals surface area (Å²) in [5.74, 6) is 1.35. The van der Waals surface area contributed by atoms with Gasteiger partial charge in [0.15, 0.2) is 0 Å². The van der Waals surface area contributed by atoms with Gasteiger partial charge in [-0.3, -0.25) is 9.59 Å². The van der Waals surface area contributed by atoms with E-state index in [9.17, 15) is 14.7 Å². The zero-order valence-corrected chi connectivity index (χ0v) is 13.0. The molecule has 0 aromatic rings. The molecule has 120 valence electrons. The summed E-state index contributed by atoms with van der Waals surface area (Å²) in [6.07, 6.45) is 7.45. The van der Waals surface area contributed by atoms with E-state index in [1.165, 1.54) is 6.42 Å². The van der Waals surface area contributed by atoms with Crippen LogP contribution in [-0.4, -0.2) is 57.0 Å². The Bertz CT molecular complexity index is 546. The molecule has 0 aromatic heterocycles. The smallest absolute Gasteiger partial charge is 0.246 e. The van der Waals surface area contributed by atoms with E-state index in [1.54, 1.807) is 4.90 Å². The molecular formula is C17H24N2O3. The maximum atomic E-state index is 13.0. The van der Waals surface area contributed by atoms with Gasteiger partial charge in [-0.25, -0.2) is 0 Å². The Hall–Kier alpha value is -1.10. The second kappa shape index (κ2) is 4.05. The van der Waals surface area contributed by atoms with Gasteiger partial charge in [0, 0.05) is 12.1 Å². The highest BCUT2D eigenvalue weighted by molar-refractivity contribution is 5.96. The standard InChI is InChI=1S/C17H24N2O3/c20-14-9-19(15(21)13-2-1-3-18(13)14)16-5-11-4-12(6-16)8-17(22,7-11)10-16/h11-13,22H,1-10H2/t11?,12?,13-,16?,17?/m1/s1. The molecule has 22 heavy (non-hydrogen) atoms. The molecule has 0 spiro atoms. The Kier molecular flexibility index (Phi) is 2.46. The highest BCUT2D eigenvalue weighted by atomic mass is 16.3. The summed E-state index contributed by atoms with van der Waals surface area (Å²) >= 11 is 0. The fourth-order valence-electron chi connectivity index (χ4n) is 6.69. The second-order valence-electron chi connectivity index (χ2n) is 8.58. The first-order chi connectivity index (χ1) is 10.5. The van der Waals surface area contributed by atoms with Gasteiger partial charge in [0.1, 0.15) is 12.6 Å². The molecule has 6 rings (SSSR count). The summed E-state index contributed by atoms with van der Waals surface area (Å²) < 4.78 is 0. The molecule has 6 fully saturated rings. The third kappa shape index (κ3) is 1.63. The molecule has 2 aliphatic heterocycles. The molecule has 0 aromatic carbocycles. The molecule has 1 N–H and O–H groups in total. The fourth-order valence-corrected chi connectivity index (χ4v) is 6.69. The Morgan fingerprint density at radius 1 is 1.09 bits per heavy atom. The number of carbonyl (C=O) groups excluding carboxylic acids is 2. The van der Waals surface area contributed by atoms with Crippen molar-refractivity contribution in [1.29, 1.82) is 0 Å². The lowest BCUT2D eigenvalue weighted by Gasteiger charge is -2.64. The molecule has 4 saturated carbocycles. The number of amides is 2. The Morgan fingerprint density at radius 3 is 2.50 bits per heavy atom. The number of rotatable bonds is 1. The number of carbonyl (C=O) groups is 2. The highest BCUT2D eigenvalue weighted by Crippen LogP contribution is 2.59. The summed E-state index contributed by atoms with van der Waals surface area (Å²) in [7, 11) is 0. The molecule has 5 nitrogen and oxygen atoms in total. The van der Waals surface area contributed by atoms with Crippen molar-refractivity contribution in [3.8, 4) is 0 Å². The van der Waals surface area contributed by atoms with Crippen LogP contribution in [0, 0.1) is 11.8 Å². The van der Waals surface area contributed by atoms with Crippen LogP contribution in [0.1, 0.15) is 51.4 Å². The van der Waals surface area contributed by atoms with Crippen molar-refractivity contribution in [1.82, 2.24) is 9.80 Å². The summed E-state index contributed by atoms with van der Waals surface area (Å²) in [4.78, 5) is 29.2. The Morgan fingerprint density at radius 2 is 1.82 bits per heavy atom. The van der Waals surface area contributed by atoms with Crippen LogP contribution in [0.4, 0.5) is 0 Å². The minimum Gasteiger partial charge on any atom is -0.390 e. The van der Waals surface area contributed by atoms with Crippen LogP contribution >= 0.6 is 0 Å². The number of aliphatic hydroxyl groups is 1. The maximum Gasteiger partial charge on any atom is 0.246 e. The Labute approximate surface area is 130 Å². The normalized spacial score (nSPS) is 50.0. The zero-order valence-electron chi connectivity index (χ0n) is 13.0. The average Bonchev–Trinajstić information content (AvgIpc) is 2.90. The zero-order chi connectivity index (χ0) is 15.1. The third-order valence-electron chi connectivity index (χ3n) is 6.99. The van der Waals surface area contributed by atoms with Crippen molar-refractivity contribution < 1.29 is 14.7 Å². The SMILES string of the molecule is O=C1CN(C23CC4CC(CC(O)(C4)C2)C3)C(=O)[C@H]2CCCN12. The van der Waals surface area contributed by atoms with Crippen molar-refractivity contribution in [2.45, 2.75) is 68.5 Å². The van der Waals surface area contributed by atoms with Crippen molar-refractivity contribution in [2.75, 3.05) is 13.1 Å². The number of hydrogen-bond donors (Lipinski definition) is 1. The first-order valence-electron chi connectivity index (χ1n) is 8.81. The molecule has 2 heterocycles. The minimum atomic E-state index is -0.583. The van der Waals surface area contributed by atoms with Gasteiger partial charge in [0.2, 0.25) is 11.8 Å². The van der Waals surface area contributed by atoms with Gasteiger partial charge in [0.25, 0.3) is 0 Å². The number of piperazine rings is 1. The third-order valence-corrected chi connectivity index (χ3v) is 6.99. The van der Waals surface area contributed by atoms with Gasteiger partial charge in [-0.15, -0.1) is 0 Å². The van der Waals surface area contributed by atoms with Gasteiger partial charge in [0.05, 0.1) is 5.60 Å². The predicted octanol–water partition coefficient (Wildman–Crippen LogP) is 0.903. The van der Waals surface area contributed by atoms with E-state index in [1.807, 2.05) is 4.90 Å². The van der Waals surface area contributed by atoms with E-state index >= 15 is 0 Å². The molecule has 4 aliphatic carbocycles. The second-order valence-corrected chi connectivity index (χ2v) is 8.58. The summed E-state index contributed by atoms with van der Waals surface area (Å²) in [5.41, 5.74) is -0.819.